The van der Waals surface area contributed by atoms with Crippen LogP contribution in [0.1, 0.15) is 5.56 Å². The molecule has 0 aliphatic heterocycles. The Hall–Kier alpha value is -2.01. The summed E-state index contributed by atoms with van der Waals surface area (Å²) in [6.45, 7) is 0. The van der Waals surface area contributed by atoms with Crippen LogP contribution >= 0.6 is 0 Å². The Labute approximate surface area is 83.2 Å². The van der Waals surface area contributed by atoms with Gasteiger partial charge in [0.15, 0.2) is 0 Å². The van der Waals surface area contributed by atoms with Crippen LogP contribution in [0.2, 0.25) is 0 Å². The molecule has 2 rings (SSSR count). The zero-order valence-corrected chi connectivity index (χ0v) is 7.72. The van der Waals surface area contributed by atoms with Crippen molar-refractivity contribution < 1.29 is 0 Å². The smallest absolute Gasteiger partial charge is 0.0645 e. The molecule has 1 aromatic heterocycles. The molecule has 68 valence electrons. The fourth-order valence-corrected chi connectivity index (χ4v) is 1.29. The molecular formula is C12H10N2. The summed E-state index contributed by atoms with van der Waals surface area (Å²) in [6.07, 6.45) is 9.61. The van der Waals surface area contributed by atoms with Gasteiger partial charge in [0, 0.05) is 18.2 Å². The minimum absolute atomic E-state index is 0.632. The van der Waals surface area contributed by atoms with E-state index in [0.717, 1.165) is 11.3 Å². The first kappa shape index (κ1) is 8.58. The van der Waals surface area contributed by atoms with Crippen molar-refractivity contribution in [3.63, 3.8) is 0 Å². The summed E-state index contributed by atoms with van der Waals surface area (Å²) < 4.78 is 1.83. The van der Waals surface area contributed by atoms with Gasteiger partial charge >= 0.3 is 0 Å². The Kier molecular flexibility index (Phi) is 2.33. The second kappa shape index (κ2) is 3.80. The fraction of sp³-hybridized carbons (Fsp3) is 0.0833. The Morgan fingerprint density at radius 2 is 2.07 bits per heavy atom. The molecule has 0 N–H and O–H groups in total. The summed E-state index contributed by atoms with van der Waals surface area (Å²) in [6, 6.07) is 9.96. The van der Waals surface area contributed by atoms with E-state index in [1.807, 2.05) is 41.2 Å². The number of para-hydroxylation sites is 1. The third kappa shape index (κ3) is 1.67. The van der Waals surface area contributed by atoms with Crippen molar-refractivity contribution in [3.8, 4) is 18.0 Å². The number of nitrogens with zero attached hydrogens (tertiary/aromatic N) is 2. The maximum absolute atomic E-state index is 5.22. The highest BCUT2D eigenvalue weighted by Gasteiger charge is 1.98. The predicted molar refractivity (Wildman–Crippen MR) is 56.1 cm³/mol. The van der Waals surface area contributed by atoms with Gasteiger partial charge < -0.3 is 0 Å². The van der Waals surface area contributed by atoms with Crippen LogP contribution < -0.4 is 0 Å². The molecule has 0 radical (unpaired) electrons. The van der Waals surface area contributed by atoms with E-state index in [4.69, 9.17) is 6.42 Å². The van der Waals surface area contributed by atoms with Gasteiger partial charge in [0.25, 0.3) is 0 Å². The van der Waals surface area contributed by atoms with Crippen molar-refractivity contribution in [1.82, 2.24) is 9.78 Å². The SMILES string of the molecule is C#CCc1cnn(-c2ccccc2)c1. The van der Waals surface area contributed by atoms with Gasteiger partial charge in [-0.25, -0.2) is 4.68 Å². The van der Waals surface area contributed by atoms with E-state index < -0.39 is 0 Å². The highest BCUT2D eigenvalue weighted by Crippen LogP contribution is 2.07. The van der Waals surface area contributed by atoms with Crippen molar-refractivity contribution in [2.24, 2.45) is 0 Å². The summed E-state index contributed by atoms with van der Waals surface area (Å²) in [5.41, 5.74) is 2.12. The molecule has 0 spiro atoms. The lowest BCUT2D eigenvalue weighted by Crippen LogP contribution is -1.92. The molecule has 0 fully saturated rings. The van der Waals surface area contributed by atoms with E-state index in [1.165, 1.54) is 0 Å². The summed E-state index contributed by atoms with van der Waals surface area (Å²) in [7, 11) is 0. The van der Waals surface area contributed by atoms with Gasteiger partial charge in [-0.3, -0.25) is 0 Å². The van der Waals surface area contributed by atoms with Crippen LogP contribution in [-0.4, -0.2) is 9.78 Å². The summed E-state index contributed by atoms with van der Waals surface area (Å²) in [4.78, 5) is 0. The van der Waals surface area contributed by atoms with Crippen LogP contribution in [-0.2, 0) is 6.42 Å². The molecule has 0 saturated carbocycles. The molecule has 0 saturated heterocycles. The topological polar surface area (TPSA) is 17.8 Å². The van der Waals surface area contributed by atoms with Crippen LogP contribution in [0.25, 0.3) is 5.69 Å². The van der Waals surface area contributed by atoms with Gasteiger partial charge in [0.2, 0.25) is 0 Å². The zero-order valence-electron chi connectivity index (χ0n) is 7.72. The molecule has 2 heteroatoms. The number of hydrogen-bond acceptors (Lipinski definition) is 1. The maximum atomic E-state index is 5.22. The van der Waals surface area contributed by atoms with Crippen molar-refractivity contribution >= 4 is 0 Å². The van der Waals surface area contributed by atoms with E-state index in [1.54, 1.807) is 6.20 Å². The molecule has 0 aliphatic rings. The average molecular weight is 182 g/mol. The Morgan fingerprint density at radius 1 is 1.29 bits per heavy atom. The van der Waals surface area contributed by atoms with Gasteiger partial charge in [-0.2, -0.15) is 5.10 Å². The van der Waals surface area contributed by atoms with Gasteiger partial charge in [-0.15, -0.1) is 12.3 Å². The van der Waals surface area contributed by atoms with Gasteiger partial charge in [-0.05, 0) is 12.1 Å². The quantitative estimate of drug-likeness (QED) is 0.650. The Morgan fingerprint density at radius 3 is 2.79 bits per heavy atom. The second-order valence-electron chi connectivity index (χ2n) is 3.01. The molecule has 1 aromatic carbocycles. The first-order valence-corrected chi connectivity index (χ1v) is 4.42. The first-order valence-electron chi connectivity index (χ1n) is 4.42. The number of hydrogen-bond donors (Lipinski definition) is 0. The molecule has 0 bridgehead atoms. The second-order valence-corrected chi connectivity index (χ2v) is 3.01. The van der Waals surface area contributed by atoms with E-state index in [9.17, 15) is 0 Å². The van der Waals surface area contributed by atoms with Gasteiger partial charge in [-0.1, -0.05) is 18.2 Å². The molecule has 0 atom stereocenters. The minimum atomic E-state index is 0.632. The lowest BCUT2D eigenvalue weighted by molar-refractivity contribution is 0.880. The van der Waals surface area contributed by atoms with Crippen molar-refractivity contribution in [2.75, 3.05) is 0 Å². The predicted octanol–water partition coefficient (Wildman–Crippen LogP) is 2.05. The fourth-order valence-electron chi connectivity index (χ4n) is 1.29. The van der Waals surface area contributed by atoms with Gasteiger partial charge in [0.05, 0.1) is 11.9 Å². The molecular weight excluding hydrogens is 172 g/mol. The van der Waals surface area contributed by atoms with Crippen LogP contribution in [0.15, 0.2) is 42.7 Å². The molecule has 0 aliphatic carbocycles. The van der Waals surface area contributed by atoms with Crippen molar-refractivity contribution in [2.45, 2.75) is 6.42 Å². The average Bonchev–Trinajstić information content (AvgIpc) is 2.68. The molecule has 1 heterocycles. The number of benzene rings is 1. The van der Waals surface area contributed by atoms with Crippen LogP contribution in [0.3, 0.4) is 0 Å². The summed E-state index contributed by atoms with van der Waals surface area (Å²) in [5, 5.41) is 4.23. The minimum Gasteiger partial charge on any atom is -0.241 e. The van der Waals surface area contributed by atoms with Crippen LogP contribution in [0.4, 0.5) is 0 Å². The monoisotopic (exact) mass is 182 g/mol. The van der Waals surface area contributed by atoms with E-state index in [0.29, 0.717) is 6.42 Å². The van der Waals surface area contributed by atoms with Crippen molar-refractivity contribution in [3.05, 3.63) is 48.3 Å². The molecule has 0 unspecified atom stereocenters. The zero-order chi connectivity index (χ0) is 9.80. The highest BCUT2D eigenvalue weighted by atomic mass is 15.3. The molecule has 0 amide bonds. The van der Waals surface area contributed by atoms with E-state index in [2.05, 4.69) is 11.0 Å². The van der Waals surface area contributed by atoms with Crippen LogP contribution in [0.5, 0.6) is 0 Å². The summed E-state index contributed by atoms with van der Waals surface area (Å²) in [5.74, 6) is 2.60. The molecule has 14 heavy (non-hydrogen) atoms. The standard InChI is InChI=1S/C12H10N2/c1-2-6-11-9-13-14(10-11)12-7-4-3-5-8-12/h1,3-5,7-10H,6H2. The number of aromatic nitrogens is 2. The molecule has 2 aromatic rings. The normalized spacial score (nSPS) is 9.64. The number of terminal acetylenes is 1. The van der Waals surface area contributed by atoms with Crippen molar-refractivity contribution in [1.29, 1.82) is 0 Å². The van der Waals surface area contributed by atoms with E-state index in [-0.39, 0.29) is 0 Å². The first-order chi connectivity index (χ1) is 6.90. The lowest BCUT2D eigenvalue weighted by Gasteiger charge is -1.98. The number of rotatable bonds is 2. The Bertz CT molecular complexity index is 449. The third-order valence-corrected chi connectivity index (χ3v) is 1.96. The Balaban J connectivity index is 2.31. The van der Waals surface area contributed by atoms with Crippen LogP contribution in [0, 0.1) is 12.3 Å². The lowest BCUT2D eigenvalue weighted by atomic mass is 10.3. The largest absolute Gasteiger partial charge is 0.241 e. The van der Waals surface area contributed by atoms with Gasteiger partial charge in [0.1, 0.15) is 0 Å². The third-order valence-electron chi connectivity index (χ3n) is 1.96. The molecule has 2 nitrogen and oxygen atoms in total. The van der Waals surface area contributed by atoms with E-state index >= 15 is 0 Å². The maximum Gasteiger partial charge on any atom is 0.0645 e. The highest BCUT2D eigenvalue weighted by molar-refractivity contribution is 5.31. The summed E-state index contributed by atoms with van der Waals surface area (Å²) >= 11 is 0.